The number of allylic oxidation sites excluding steroid dienone is 1. The second-order valence-electron chi connectivity index (χ2n) is 2.62. The third-order valence-electron chi connectivity index (χ3n) is 1.86. The van der Waals surface area contributed by atoms with Crippen molar-refractivity contribution in [2.75, 3.05) is 6.61 Å². The molecule has 1 amide bonds. The number of carbonyl (C=O) groups excluding carboxylic acids is 2. The molecular weight excluding hydrogens is 146 g/mol. The number of amides is 1. The van der Waals surface area contributed by atoms with Crippen LogP contribution in [0, 0.1) is 0 Å². The summed E-state index contributed by atoms with van der Waals surface area (Å²) in [6.07, 6.45) is 2.94. The predicted molar refractivity (Wildman–Crippen MR) is 35.7 cm³/mol. The monoisotopic (exact) mass is 153 g/mol. The van der Waals surface area contributed by atoms with Crippen molar-refractivity contribution >= 4 is 11.9 Å². The summed E-state index contributed by atoms with van der Waals surface area (Å²) in [6.45, 7) is 0.342. The van der Waals surface area contributed by atoms with Gasteiger partial charge in [0.25, 0.3) is 0 Å². The molecule has 0 spiro atoms. The van der Waals surface area contributed by atoms with Crippen LogP contribution in [0.5, 0.6) is 0 Å². The van der Waals surface area contributed by atoms with Crippen molar-refractivity contribution in [2.45, 2.75) is 12.5 Å². The van der Waals surface area contributed by atoms with E-state index in [0.717, 1.165) is 0 Å². The molecule has 58 valence electrons. The van der Waals surface area contributed by atoms with Crippen LogP contribution in [-0.2, 0) is 9.53 Å². The fraction of sp³-hybridized carbons (Fsp3) is 0.429. The van der Waals surface area contributed by atoms with E-state index in [2.05, 4.69) is 0 Å². The van der Waals surface area contributed by atoms with Crippen LogP contribution in [0.4, 0.5) is 4.79 Å². The highest BCUT2D eigenvalue weighted by Crippen LogP contribution is 2.19. The lowest BCUT2D eigenvalue weighted by atomic mass is 10.1. The van der Waals surface area contributed by atoms with Crippen LogP contribution < -0.4 is 0 Å². The second-order valence-corrected chi connectivity index (χ2v) is 2.62. The lowest BCUT2D eigenvalue weighted by molar-refractivity contribution is -0.115. The van der Waals surface area contributed by atoms with Crippen molar-refractivity contribution in [1.29, 1.82) is 0 Å². The number of ketones is 1. The molecule has 4 heteroatoms. The Morgan fingerprint density at radius 1 is 1.55 bits per heavy atom. The largest absolute Gasteiger partial charge is 0.447 e. The fourth-order valence-electron chi connectivity index (χ4n) is 1.27. The Labute approximate surface area is 63.4 Å². The molecule has 1 unspecified atom stereocenters. The van der Waals surface area contributed by atoms with E-state index in [4.69, 9.17) is 4.74 Å². The Hall–Kier alpha value is -1.32. The molecule has 1 fully saturated rings. The summed E-state index contributed by atoms with van der Waals surface area (Å²) in [5, 5.41) is 0. The Morgan fingerprint density at radius 2 is 2.36 bits per heavy atom. The molecule has 0 aromatic carbocycles. The molecule has 0 radical (unpaired) electrons. The minimum absolute atomic E-state index is 0.0556. The van der Waals surface area contributed by atoms with Crippen LogP contribution >= 0.6 is 0 Å². The number of hydrogen-bond donors (Lipinski definition) is 0. The van der Waals surface area contributed by atoms with Gasteiger partial charge in [-0.3, -0.25) is 9.69 Å². The number of hydrogen-bond acceptors (Lipinski definition) is 3. The van der Waals surface area contributed by atoms with Crippen LogP contribution in [0.15, 0.2) is 12.3 Å². The zero-order valence-electron chi connectivity index (χ0n) is 5.82. The van der Waals surface area contributed by atoms with E-state index in [-0.39, 0.29) is 17.9 Å². The first-order valence-electron chi connectivity index (χ1n) is 3.43. The molecule has 11 heavy (non-hydrogen) atoms. The zero-order chi connectivity index (χ0) is 7.84. The maximum atomic E-state index is 10.9. The van der Waals surface area contributed by atoms with E-state index < -0.39 is 0 Å². The smallest absolute Gasteiger partial charge is 0.414 e. The standard InChI is InChI=1S/C7H7NO3/c9-6-1-2-8-5(3-6)4-11-7(8)10/h1-2,5H,3-4H2. The number of rotatable bonds is 0. The van der Waals surface area contributed by atoms with Gasteiger partial charge in [0.05, 0.1) is 6.04 Å². The van der Waals surface area contributed by atoms with Crippen molar-refractivity contribution < 1.29 is 14.3 Å². The van der Waals surface area contributed by atoms with Gasteiger partial charge in [-0.25, -0.2) is 4.79 Å². The van der Waals surface area contributed by atoms with Gasteiger partial charge in [-0.15, -0.1) is 0 Å². The first kappa shape index (κ1) is 6.39. The lowest BCUT2D eigenvalue weighted by Gasteiger charge is -2.18. The predicted octanol–water partition coefficient (Wildman–Crippen LogP) is 0.294. The van der Waals surface area contributed by atoms with Gasteiger partial charge in [0.2, 0.25) is 0 Å². The Bertz CT molecular complexity index is 246. The third-order valence-corrected chi connectivity index (χ3v) is 1.86. The van der Waals surface area contributed by atoms with Crippen molar-refractivity contribution in [1.82, 2.24) is 4.90 Å². The van der Waals surface area contributed by atoms with Crippen molar-refractivity contribution in [3.63, 3.8) is 0 Å². The molecule has 4 nitrogen and oxygen atoms in total. The van der Waals surface area contributed by atoms with Gasteiger partial charge in [-0.2, -0.15) is 0 Å². The third kappa shape index (κ3) is 0.906. The van der Waals surface area contributed by atoms with Crippen molar-refractivity contribution in [3.05, 3.63) is 12.3 Å². The number of cyclic esters (lactones) is 1. The van der Waals surface area contributed by atoms with Crippen molar-refractivity contribution in [2.24, 2.45) is 0 Å². The molecule has 0 saturated carbocycles. The lowest BCUT2D eigenvalue weighted by Crippen LogP contribution is -2.33. The number of carbonyl (C=O) groups is 2. The zero-order valence-corrected chi connectivity index (χ0v) is 5.82. The molecule has 0 N–H and O–H groups in total. The fourth-order valence-corrected chi connectivity index (χ4v) is 1.27. The normalized spacial score (nSPS) is 28.7. The SMILES string of the molecule is O=C1C=CN2C(=O)OCC2C1. The van der Waals surface area contributed by atoms with E-state index in [1.54, 1.807) is 0 Å². The Morgan fingerprint density at radius 3 is 3.18 bits per heavy atom. The summed E-state index contributed by atoms with van der Waals surface area (Å²) >= 11 is 0. The van der Waals surface area contributed by atoms with Gasteiger partial charge < -0.3 is 4.74 Å². The molecule has 0 bridgehead atoms. The summed E-state index contributed by atoms with van der Waals surface area (Å²) in [4.78, 5) is 23.1. The van der Waals surface area contributed by atoms with Gasteiger partial charge in [0.1, 0.15) is 6.61 Å². The molecular formula is C7H7NO3. The second kappa shape index (κ2) is 2.08. The van der Waals surface area contributed by atoms with Crippen molar-refractivity contribution in [3.8, 4) is 0 Å². The van der Waals surface area contributed by atoms with Crippen LogP contribution in [0.1, 0.15) is 6.42 Å². The molecule has 2 aliphatic heterocycles. The van der Waals surface area contributed by atoms with E-state index in [1.807, 2.05) is 0 Å². The summed E-state index contributed by atoms with van der Waals surface area (Å²) in [5.74, 6) is 0.0598. The van der Waals surface area contributed by atoms with E-state index in [0.29, 0.717) is 13.0 Å². The van der Waals surface area contributed by atoms with Gasteiger partial charge in [0.15, 0.2) is 5.78 Å². The molecule has 1 saturated heterocycles. The molecule has 1 atom stereocenters. The molecule has 2 rings (SSSR count). The molecule has 2 heterocycles. The maximum absolute atomic E-state index is 10.9. The van der Waals surface area contributed by atoms with Gasteiger partial charge >= 0.3 is 6.09 Å². The van der Waals surface area contributed by atoms with Gasteiger partial charge in [-0.05, 0) is 6.08 Å². The van der Waals surface area contributed by atoms with Crippen LogP contribution in [-0.4, -0.2) is 29.4 Å². The topological polar surface area (TPSA) is 46.6 Å². The minimum atomic E-state index is -0.348. The highest BCUT2D eigenvalue weighted by molar-refractivity contribution is 5.92. The maximum Gasteiger partial charge on any atom is 0.414 e. The van der Waals surface area contributed by atoms with Crippen LogP contribution in [0.3, 0.4) is 0 Å². The number of nitrogens with zero attached hydrogens (tertiary/aromatic N) is 1. The van der Waals surface area contributed by atoms with E-state index in [1.165, 1.54) is 17.2 Å². The van der Waals surface area contributed by atoms with E-state index in [9.17, 15) is 9.59 Å². The van der Waals surface area contributed by atoms with Gasteiger partial charge in [0, 0.05) is 12.6 Å². The summed E-state index contributed by atoms with van der Waals surface area (Å²) in [6, 6.07) is -0.0556. The summed E-state index contributed by atoms with van der Waals surface area (Å²) < 4.78 is 4.73. The highest BCUT2D eigenvalue weighted by Gasteiger charge is 2.34. The first-order valence-corrected chi connectivity index (χ1v) is 3.43. The molecule has 0 aromatic heterocycles. The van der Waals surface area contributed by atoms with Crippen LogP contribution in [0.25, 0.3) is 0 Å². The number of fused-ring (bicyclic) bond motifs is 1. The van der Waals surface area contributed by atoms with E-state index >= 15 is 0 Å². The Balaban J connectivity index is 2.25. The van der Waals surface area contributed by atoms with Gasteiger partial charge in [-0.1, -0.05) is 0 Å². The number of ether oxygens (including phenoxy) is 1. The summed E-state index contributed by atoms with van der Waals surface area (Å²) in [5.41, 5.74) is 0. The van der Waals surface area contributed by atoms with Crippen LogP contribution in [0.2, 0.25) is 0 Å². The molecule has 0 aromatic rings. The highest BCUT2D eigenvalue weighted by atomic mass is 16.6. The average molecular weight is 153 g/mol. The molecule has 2 aliphatic rings. The first-order chi connectivity index (χ1) is 5.27. The molecule has 0 aliphatic carbocycles. The summed E-state index contributed by atoms with van der Waals surface area (Å²) in [7, 11) is 0. The quantitative estimate of drug-likeness (QED) is 0.502. The average Bonchev–Trinajstić information content (AvgIpc) is 2.32. The minimum Gasteiger partial charge on any atom is -0.447 e. The Kier molecular flexibility index (Phi) is 1.21.